The fourth-order valence-corrected chi connectivity index (χ4v) is 5.72. The van der Waals surface area contributed by atoms with Crippen molar-refractivity contribution in [1.29, 1.82) is 0 Å². The molecule has 0 unspecified atom stereocenters. The van der Waals surface area contributed by atoms with Crippen LogP contribution in [0.5, 0.6) is 0 Å². The summed E-state index contributed by atoms with van der Waals surface area (Å²) < 4.78 is 6.78. The van der Waals surface area contributed by atoms with Gasteiger partial charge in [-0.2, -0.15) is 0 Å². The van der Waals surface area contributed by atoms with Crippen molar-refractivity contribution in [3.05, 3.63) is 91.0 Å². The number of nitrogens with zero attached hydrogens (tertiary/aromatic N) is 5. The van der Waals surface area contributed by atoms with E-state index in [1.165, 1.54) is 21.5 Å². The number of aromatic nitrogens is 5. The van der Waals surface area contributed by atoms with Gasteiger partial charge in [0.1, 0.15) is 5.52 Å². The molecule has 0 fully saturated rings. The SMILES string of the molecule is c1ccc2cc3c(cc2c1)nc1n3c2cccc3c2n1c1nc2c4ccccc4ccc2n31. The zero-order valence-electron chi connectivity index (χ0n) is 17.4. The van der Waals surface area contributed by atoms with Crippen LogP contribution in [-0.2, 0) is 0 Å². The van der Waals surface area contributed by atoms with Gasteiger partial charge in [-0.1, -0.05) is 60.7 Å². The first-order chi connectivity index (χ1) is 16.4. The van der Waals surface area contributed by atoms with Crippen LogP contribution in [0.4, 0.5) is 0 Å². The molecule has 5 heteroatoms. The van der Waals surface area contributed by atoms with E-state index in [4.69, 9.17) is 9.97 Å². The largest absolute Gasteiger partial charge is 0.276 e. The molecule has 0 radical (unpaired) electrons. The van der Waals surface area contributed by atoms with Crippen molar-refractivity contribution in [2.75, 3.05) is 0 Å². The van der Waals surface area contributed by atoms with E-state index in [9.17, 15) is 0 Å². The van der Waals surface area contributed by atoms with E-state index < -0.39 is 0 Å². The summed E-state index contributed by atoms with van der Waals surface area (Å²) >= 11 is 0. The molecule has 0 N–H and O–H groups in total. The summed E-state index contributed by atoms with van der Waals surface area (Å²) in [5, 5.41) is 4.81. The van der Waals surface area contributed by atoms with Crippen LogP contribution in [0.25, 0.3) is 71.7 Å². The second kappa shape index (κ2) is 5.22. The highest BCUT2D eigenvalue weighted by Crippen LogP contribution is 2.36. The van der Waals surface area contributed by atoms with E-state index in [-0.39, 0.29) is 0 Å². The first-order valence-corrected chi connectivity index (χ1v) is 11.1. The van der Waals surface area contributed by atoms with Crippen molar-refractivity contribution in [3.8, 4) is 0 Å². The van der Waals surface area contributed by atoms with Crippen molar-refractivity contribution in [2.24, 2.45) is 0 Å². The Balaban J connectivity index is 1.57. The molecule has 5 nitrogen and oxygen atoms in total. The average molecular weight is 421 g/mol. The third-order valence-corrected chi connectivity index (χ3v) is 7.14. The summed E-state index contributed by atoms with van der Waals surface area (Å²) in [4.78, 5) is 10.3. The molecule has 0 aliphatic carbocycles. The summed E-state index contributed by atoms with van der Waals surface area (Å²) in [5.74, 6) is 1.81. The molecule has 4 aromatic heterocycles. The molecule has 0 atom stereocenters. The Kier molecular flexibility index (Phi) is 2.54. The van der Waals surface area contributed by atoms with Crippen molar-refractivity contribution in [1.82, 2.24) is 23.2 Å². The summed E-state index contributed by atoms with van der Waals surface area (Å²) in [7, 11) is 0. The van der Waals surface area contributed by atoms with Gasteiger partial charge in [-0.25, -0.2) is 14.4 Å². The quantitative estimate of drug-likeness (QED) is 0.283. The molecule has 4 heterocycles. The monoisotopic (exact) mass is 421 g/mol. The van der Waals surface area contributed by atoms with Gasteiger partial charge in [-0.15, -0.1) is 0 Å². The van der Waals surface area contributed by atoms with Gasteiger partial charge in [0.05, 0.1) is 33.1 Å². The Labute approximate surface area is 186 Å². The first kappa shape index (κ1) is 16.1. The Morgan fingerprint density at radius 2 is 1.18 bits per heavy atom. The first-order valence-electron chi connectivity index (χ1n) is 11.1. The van der Waals surface area contributed by atoms with Crippen molar-refractivity contribution in [2.45, 2.75) is 0 Å². The van der Waals surface area contributed by atoms with Crippen molar-refractivity contribution >= 4 is 71.7 Å². The molecule has 152 valence electrons. The lowest BCUT2D eigenvalue weighted by atomic mass is 10.1. The Morgan fingerprint density at radius 1 is 0.485 bits per heavy atom. The predicted molar refractivity (Wildman–Crippen MR) is 134 cm³/mol. The molecule has 0 amide bonds. The molecule has 5 aromatic carbocycles. The molecule has 0 aliphatic heterocycles. The minimum atomic E-state index is 0.904. The lowest BCUT2D eigenvalue weighted by Gasteiger charge is -2.00. The molecular weight excluding hydrogens is 406 g/mol. The van der Waals surface area contributed by atoms with Crippen molar-refractivity contribution in [3.63, 3.8) is 0 Å². The summed E-state index contributed by atoms with van der Waals surface area (Å²) in [6, 6.07) is 32.2. The Bertz CT molecular complexity index is 2230. The van der Waals surface area contributed by atoms with Gasteiger partial charge in [-0.3, -0.25) is 8.80 Å². The maximum atomic E-state index is 5.18. The van der Waals surface area contributed by atoms with E-state index in [1.807, 2.05) is 0 Å². The minimum Gasteiger partial charge on any atom is -0.276 e. The van der Waals surface area contributed by atoms with E-state index in [1.54, 1.807) is 0 Å². The lowest BCUT2D eigenvalue weighted by molar-refractivity contribution is 1.15. The Morgan fingerprint density at radius 3 is 2.03 bits per heavy atom. The highest BCUT2D eigenvalue weighted by molar-refractivity contribution is 6.10. The molecule has 9 aromatic rings. The van der Waals surface area contributed by atoms with Crippen molar-refractivity contribution < 1.29 is 0 Å². The highest BCUT2D eigenvalue weighted by Gasteiger charge is 2.23. The predicted octanol–water partition coefficient (Wildman–Crippen LogP) is 6.44. The zero-order valence-corrected chi connectivity index (χ0v) is 17.4. The van der Waals surface area contributed by atoms with Crippen LogP contribution in [0.3, 0.4) is 0 Å². The second-order valence-electron chi connectivity index (χ2n) is 8.82. The number of benzene rings is 5. The third-order valence-electron chi connectivity index (χ3n) is 7.14. The van der Waals surface area contributed by atoms with Gasteiger partial charge >= 0.3 is 0 Å². The van der Waals surface area contributed by atoms with Gasteiger partial charge in [0.2, 0.25) is 11.6 Å². The number of imidazole rings is 4. The van der Waals surface area contributed by atoms with Crippen LogP contribution >= 0.6 is 0 Å². The van der Waals surface area contributed by atoms with Gasteiger partial charge in [-0.05, 0) is 46.5 Å². The maximum absolute atomic E-state index is 5.18. The fourth-order valence-electron chi connectivity index (χ4n) is 5.72. The normalized spacial score (nSPS) is 12.8. The minimum absolute atomic E-state index is 0.904. The highest BCUT2D eigenvalue weighted by atomic mass is 15.3. The van der Waals surface area contributed by atoms with E-state index in [0.717, 1.165) is 50.2 Å². The van der Waals surface area contributed by atoms with Crippen LogP contribution in [-0.4, -0.2) is 23.2 Å². The van der Waals surface area contributed by atoms with Crippen LogP contribution in [0.2, 0.25) is 0 Å². The molecule has 0 saturated carbocycles. The molecule has 0 saturated heterocycles. The molecule has 0 aliphatic rings. The maximum Gasteiger partial charge on any atom is 0.223 e. The van der Waals surface area contributed by atoms with E-state index in [2.05, 4.69) is 104 Å². The van der Waals surface area contributed by atoms with Gasteiger partial charge in [0.25, 0.3) is 0 Å². The number of hydrogen-bond donors (Lipinski definition) is 0. The fraction of sp³-hybridized carbons (Fsp3) is 0. The smallest absolute Gasteiger partial charge is 0.223 e. The number of hydrogen-bond acceptors (Lipinski definition) is 2. The number of para-hydroxylation sites is 1. The van der Waals surface area contributed by atoms with Crippen LogP contribution in [0, 0.1) is 0 Å². The topological polar surface area (TPSA) is 39.0 Å². The van der Waals surface area contributed by atoms with Gasteiger partial charge in [0, 0.05) is 5.39 Å². The van der Waals surface area contributed by atoms with Crippen LogP contribution in [0.15, 0.2) is 91.0 Å². The van der Waals surface area contributed by atoms with Crippen LogP contribution < -0.4 is 0 Å². The second-order valence-corrected chi connectivity index (χ2v) is 8.82. The zero-order chi connectivity index (χ0) is 21.3. The molecule has 0 bridgehead atoms. The summed E-state index contributed by atoms with van der Waals surface area (Å²) in [5.41, 5.74) is 7.74. The average Bonchev–Trinajstić information content (AvgIpc) is 3.57. The Hall–Kier alpha value is -4.64. The molecule has 9 rings (SSSR count). The molecule has 0 spiro atoms. The standard InChI is InChI=1S/C28H15N5/c1-2-8-18-15-24-20(14-17(18)7-1)29-27-32(24)23-11-5-10-22-26(23)33(27)28-30-25-19-9-4-3-6-16(19)12-13-21(25)31(22)28/h1-15H. The van der Waals surface area contributed by atoms with Crippen LogP contribution in [0.1, 0.15) is 0 Å². The molecule has 33 heavy (non-hydrogen) atoms. The number of fused-ring (bicyclic) bond motifs is 13. The molecular formula is C28H15N5. The summed E-state index contributed by atoms with van der Waals surface area (Å²) in [6.07, 6.45) is 0. The summed E-state index contributed by atoms with van der Waals surface area (Å²) in [6.45, 7) is 0. The van der Waals surface area contributed by atoms with Gasteiger partial charge < -0.3 is 0 Å². The lowest BCUT2D eigenvalue weighted by Crippen LogP contribution is -1.87. The third kappa shape index (κ3) is 1.75. The van der Waals surface area contributed by atoms with E-state index >= 15 is 0 Å². The van der Waals surface area contributed by atoms with Gasteiger partial charge in [0.15, 0.2) is 0 Å². The number of rotatable bonds is 0. The van der Waals surface area contributed by atoms with E-state index in [0.29, 0.717) is 0 Å².